The quantitative estimate of drug-likeness (QED) is 0.779. The van der Waals surface area contributed by atoms with Crippen LogP contribution in [0.3, 0.4) is 0 Å². The highest BCUT2D eigenvalue weighted by atomic mass is 16.7. The molecule has 2 heterocycles. The van der Waals surface area contributed by atoms with Crippen LogP contribution in [0.2, 0.25) is 0 Å². The van der Waals surface area contributed by atoms with Gasteiger partial charge in [-0.2, -0.15) is 0 Å². The Balaban J connectivity index is 1.34. The molecule has 1 aromatic rings. The third-order valence-corrected chi connectivity index (χ3v) is 3.88. The summed E-state index contributed by atoms with van der Waals surface area (Å²) in [5, 5.41) is 5.66. The van der Waals surface area contributed by atoms with Gasteiger partial charge in [0, 0.05) is 12.7 Å². The molecule has 0 saturated carbocycles. The average molecular weight is 322 g/mol. The van der Waals surface area contributed by atoms with E-state index in [-0.39, 0.29) is 25.0 Å². The predicted octanol–water partition coefficient (Wildman–Crippen LogP) is 1.66. The van der Waals surface area contributed by atoms with Gasteiger partial charge in [0.05, 0.1) is 18.7 Å². The SMILES string of the molecule is C[C@H](NC(=O)NCCOc1ccc2c(c1)OCO2)[C@H]1CCCO1. The van der Waals surface area contributed by atoms with Crippen molar-refractivity contribution in [2.24, 2.45) is 0 Å². The van der Waals surface area contributed by atoms with Crippen molar-refractivity contribution in [3.8, 4) is 17.2 Å². The number of fused-ring (bicyclic) bond motifs is 1. The maximum atomic E-state index is 11.8. The molecule has 0 aliphatic carbocycles. The van der Waals surface area contributed by atoms with E-state index < -0.39 is 0 Å². The Kier molecular flexibility index (Phi) is 5.07. The van der Waals surface area contributed by atoms with Crippen molar-refractivity contribution in [2.45, 2.75) is 31.9 Å². The predicted molar refractivity (Wildman–Crippen MR) is 83.0 cm³/mol. The van der Waals surface area contributed by atoms with Crippen LogP contribution in [0.4, 0.5) is 4.79 Å². The van der Waals surface area contributed by atoms with E-state index in [2.05, 4.69) is 10.6 Å². The molecule has 2 amide bonds. The first-order valence-corrected chi connectivity index (χ1v) is 7.91. The minimum Gasteiger partial charge on any atom is -0.492 e. The van der Waals surface area contributed by atoms with Crippen LogP contribution in [0.15, 0.2) is 18.2 Å². The van der Waals surface area contributed by atoms with Crippen LogP contribution in [-0.4, -0.2) is 44.7 Å². The number of carbonyl (C=O) groups excluding carboxylic acids is 1. The van der Waals surface area contributed by atoms with E-state index in [1.54, 1.807) is 12.1 Å². The van der Waals surface area contributed by atoms with Gasteiger partial charge in [-0.1, -0.05) is 0 Å². The van der Waals surface area contributed by atoms with Crippen molar-refractivity contribution in [3.63, 3.8) is 0 Å². The molecule has 0 spiro atoms. The van der Waals surface area contributed by atoms with Crippen LogP contribution in [-0.2, 0) is 4.74 Å². The lowest BCUT2D eigenvalue weighted by Gasteiger charge is -2.20. The molecule has 0 aromatic heterocycles. The molecule has 7 heteroatoms. The Hall–Kier alpha value is -2.15. The van der Waals surface area contributed by atoms with Gasteiger partial charge < -0.3 is 29.6 Å². The lowest BCUT2D eigenvalue weighted by molar-refractivity contribution is 0.0860. The first-order valence-electron chi connectivity index (χ1n) is 7.91. The maximum Gasteiger partial charge on any atom is 0.315 e. The van der Waals surface area contributed by atoms with E-state index >= 15 is 0 Å². The number of hydrogen-bond acceptors (Lipinski definition) is 5. The highest BCUT2D eigenvalue weighted by molar-refractivity contribution is 5.74. The van der Waals surface area contributed by atoms with Crippen molar-refractivity contribution in [1.29, 1.82) is 0 Å². The van der Waals surface area contributed by atoms with Gasteiger partial charge in [-0.05, 0) is 31.9 Å². The number of hydrogen-bond donors (Lipinski definition) is 2. The smallest absolute Gasteiger partial charge is 0.315 e. The highest BCUT2D eigenvalue weighted by Crippen LogP contribution is 2.34. The molecule has 1 aromatic carbocycles. The van der Waals surface area contributed by atoms with E-state index in [9.17, 15) is 4.79 Å². The molecular weight excluding hydrogens is 300 g/mol. The van der Waals surface area contributed by atoms with Gasteiger partial charge in [-0.25, -0.2) is 4.79 Å². The number of benzene rings is 1. The van der Waals surface area contributed by atoms with Gasteiger partial charge >= 0.3 is 6.03 Å². The summed E-state index contributed by atoms with van der Waals surface area (Å²) in [5.41, 5.74) is 0. The fraction of sp³-hybridized carbons (Fsp3) is 0.562. The monoisotopic (exact) mass is 322 g/mol. The van der Waals surface area contributed by atoms with Crippen LogP contribution in [0.5, 0.6) is 17.2 Å². The molecule has 7 nitrogen and oxygen atoms in total. The average Bonchev–Trinajstić information content (AvgIpc) is 3.22. The molecule has 0 bridgehead atoms. The fourth-order valence-corrected chi connectivity index (χ4v) is 2.65. The van der Waals surface area contributed by atoms with Gasteiger partial charge in [0.2, 0.25) is 6.79 Å². The summed E-state index contributed by atoms with van der Waals surface area (Å²) in [6.07, 6.45) is 2.17. The first kappa shape index (κ1) is 15.7. The molecule has 0 radical (unpaired) electrons. The van der Waals surface area contributed by atoms with Gasteiger partial charge in [-0.3, -0.25) is 0 Å². The van der Waals surface area contributed by atoms with Crippen molar-refractivity contribution < 1.29 is 23.7 Å². The van der Waals surface area contributed by atoms with Crippen LogP contribution in [0, 0.1) is 0 Å². The standard InChI is InChI=1S/C16H22N2O5/c1-11(13-3-2-7-21-13)18-16(19)17-6-8-20-12-4-5-14-15(9-12)23-10-22-14/h4-5,9,11,13H,2-3,6-8,10H2,1H3,(H2,17,18,19)/t11-,13+/m0/s1. The van der Waals surface area contributed by atoms with Crippen LogP contribution in [0.1, 0.15) is 19.8 Å². The summed E-state index contributed by atoms with van der Waals surface area (Å²) >= 11 is 0. The Morgan fingerprint density at radius 3 is 3.09 bits per heavy atom. The zero-order chi connectivity index (χ0) is 16.1. The Labute approximate surface area is 135 Å². The van der Waals surface area contributed by atoms with Crippen LogP contribution >= 0.6 is 0 Å². The molecule has 2 atom stereocenters. The van der Waals surface area contributed by atoms with E-state index in [0.29, 0.717) is 24.7 Å². The summed E-state index contributed by atoms with van der Waals surface area (Å²) in [5.74, 6) is 2.08. The second-order valence-corrected chi connectivity index (χ2v) is 5.60. The van der Waals surface area contributed by atoms with Crippen molar-refractivity contribution in [2.75, 3.05) is 26.6 Å². The molecular formula is C16H22N2O5. The number of urea groups is 1. The van der Waals surface area contributed by atoms with Crippen molar-refractivity contribution in [3.05, 3.63) is 18.2 Å². The third-order valence-electron chi connectivity index (χ3n) is 3.88. The largest absolute Gasteiger partial charge is 0.492 e. The summed E-state index contributed by atoms with van der Waals surface area (Å²) in [6, 6.07) is 5.20. The van der Waals surface area contributed by atoms with E-state index in [1.165, 1.54) is 0 Å². The lowest BCUT2D eigenvalue weighted by Crippen LogP contribution is -2.46. The zero-order valence-electron chi connectivity index (χ0n) is 13.2. The normalized spacial score (nSPS) is 20.1. The van der Waals surface area contributed by atoms with Crippen molar-refractivity contribution >= 4 is 6.03 Å². The number of amides is 2. The lowest BCUT2D eigenvalue weighted by atomic mass is 10.1. The molecule has 1 saturated heterocycles. The number of rotatable bonds is 6. The Bertz CT molecular complexity index is 545. The van der Waals surface area contributed by atoms with Crippen LogP contribution < -0.4 is 24.8 Å². The summed E-state index contributed by atoms with van der Waals surface area (Å²) in [4.78, 5) is 11.8. The van der Waals surface area contributed by atoms with Gasteiger partial charge in [0.1, 0.15) is 12.4 Å². The van der Waals surface area contributed by atoms with Crippen LogP contribution in [0.25, 0.3) is 0 Å². The number of ether oxygens (including phenoxy) is 4. The molecule has 2 N–H and O–H groups in total. The first-order chi connectivity index (χ1) is 11.2. The van der Waals surface area contributed by atoms with E-state index in [4.69, 9.17) is 18.9 Å². The Morgan fingerprint density at radius 2 is 2.26 bits per heavy atom. The molecule has 3 rings (SSSR count). The summed E-state index contributed by atoms with van der Waals surface area (Å²) < 4.78 is 21.6. The van der Waals surface area contributed by atoms with Gasteiger partial charge in [0.15, 0.2) is 11.5 Å². The highest BCUT2D eigenvalue weighted by Gasteiger charge is 2.23. The molecule has 0 unspecified atom stereocenters. The molecule has 2 aliphatic heterocycles. The molecule has 23 heavy (non-hydrogen) atoms. The van der Waals surface area contributed by atoms with Crippen molar-refractivity contribution in [1.82, 2.24) is 10.6 Å². The maximum absolute atomic E-state index is 11.8. The topological polar surface area (TPSA) is 78.1 Å². The van der Waals surface area contributed by atoms with E-state index in [1.807, 2.05) is 13.0 Å². The Morgan fingerprint density at radius 1 is 1.39 bits per heavy atom. The summed E-state index contributed by atoms with van der Waals surface area (Å²) in [6.45, 7) is 3.77. The minimum absolute atomic E-state index is 0.00674. The fourth-order valence-electron chi connectivity index (χ4n) is 2.65. The summed E-state index contributed by atoms with van der Waals surface area (Å²) in [7, 11) is 0. The molecule has 126 valence electrons. The zero-order valence-corrected chi connectivity index (χ0v) is 13.2. The van der Waals surface area contributed by atoms with Gasteiger partial charge in [-0.15, -0.1) is 0 Å². The number of nitrogens with one attached hydrogen (secondary N) is 2. The molecule has 1 fully saturated rings. The minimum atomic E-state index is -0.206. The van der Waals surface area contributed by atoms with Gasteiger partial charge in [0.25, 0.3) is 0 Å². The molecule has 2 aliphatic rings. The second-order valence-electron chi connectivity index (χ2n) is 5.60. The second kappa shape index (κ2) is 7.41. The van der Waals surface area contributed by atoms with E-state index in [0.717, 1.165) is 25.2 Å². The number of carbonyl (C=O) groups is 1. The third kappa shape index (κ3) is 4.19.